The number of amides is 3. The molecular weight excluding hydrogens is 602 g/mol. The number of nitrogens with zero attached hydrogens (tertiary/aromatic N) is 4. The highest BCUT2D eigenvalue weighted by atomic mass is 16.3. The van der Waals surface area contributed by atoms with Crippen molar-refractivity contribution in [1.29, 1.82) is 0 Å². The second-order valence-electron chi connectivity index (χ2n) is 13.0. The number of aromatic nitrogens is 1. The van der Waals surface area contributed by atoms with Crippen LogP contribution in [0.15, 0.2) is 103 Å². The van der Waals surface area contributed by atoms with Crippen molar-refractivity contribution in [3.8, 4) is 0 Å². The van der Waals surface area contributed by atoms with Gasteiger partial charge in [-0.25, -0.2) is 0 Å². The van der Waals surface area contributed by atoms with E-state index < -0.39 is 24.1 Å². The van der Waals surface area contributed by atoms with Crippen LogP contribution in [0.4, 0.5) is 0 Å². The number of rotatable bonds is 11. The topological polar surface area (TPSA) is 98.1 Å². The van der Waals surface area contributed by atoms with Crippen LogP contribution in [0.2, 0.25) is 0 Å². The Labute approximate surface area is 281 Å². The van der Waals surface area contributed by atoms with Crippen LogP contribution in [0.3, 0.4) is 0 Å². The van der Waals surface area contributed by atoms with Gasteiger partial charge in [-0.2, -0.15) is 0 Å². The standard InChI is InChI=1S/C39H43N5O4/c1-41(2)19-20-43-26-33(32-15-9-10-16-35(32)43)38(47)44-25-31(45)23-36(44)37(46)40-34(39(48)42(3)24-27-11-5-4-6-12-27)22-28-17-18-29-13-7-8-14-30(29)21-28/h4-18,21,26,31,34,36,45H,19-20,22-25H2,1-3H3,(H,40,46). The van der Waals surface area contributed by atoms with Crippen molar-refractivity contribution in [3.63, 3.8) is 0 Å². The molecule has 0 bridgehead atoms. The third-order valence-corrected chi connectivity index (χ3v) is 9.16. The van der Waals surface area contributed by atoms with Crippen molar-refractivity contribution in [2.24, 2.45) is 0 Å². The number of hydrogen-bond donors (Lipinski definition) is 2. The van der Waals surface area contributed by atoms with Crippen LogP contribution in [0.1, 0.15) is 27.9 Å². The van der Waals surface area contributed by atoms with Gasteiger partial charge in [0.25, 0.3) is 5.91 Å². The molecule has 0 saturated carbocycles. The summed E-state index contributed by atoms with van der Waals surface area (Å²) in [6.45, 7) is 1.91. The first-order valence-corrected chi connectivity index (χ1v) is 16.5. The first-order chi connectivity index (χ1) is 23.2. The van der Waals surface area contributed by atoms with Gasteiger partial charge in [0, 0.05) is 63.2 Å². The summed E-state index contributed by atoms with van der Waals surface area (Å²) < 4.78 is 2.06. The number of hydrogen-bond acceptors (Lipinski definition) is 5. The number of fused-ring (bicyclic) bond motifs is 2. The highest BCUT2D eigenvalue weighted by Gasteiger charge is 2.41. The van der Waals surface area contributed by atoms with Crippen LogP contribution in [0, 0.1) is 0 Å². The number of nitrogens with one attached hydrogen (secondary N) is 1. The van der Waals surface area contributed by atoms with Crippen LogP contribution in [-0.4, -0.2) is 94.5 Å². The number of carbonyl (C=O) groups excluding carboxylic acids is 3. The molecule has 1 aliphatic rings. The molecule has 9 nitrogen and oxygen atoms in total. The van der Waals surface area contributed by atoms with Crippen molar-refractivity contribution < 1.29 is 19.5 Å². The Balaban J connectivity index is 1.26. The van der Waals surface area contributed by atoms with Crippen molar-refractivity contribution in [2.75, 3.05) is 34.2 Å². The number of benzene rings is 4. The van der Waals surface area contributed by atoms with Crippen LogP contribution < -0.4 is 5.32 Å². The molecule has 1 saturated heterocycles. The molecular formula is C39H43N5O4. The van der Waals surface area contributed by atoms with E-state index in [1.807, 2.05) is 117 Å². The lowest BCUT2D eigenvalue weighted by molar-refractivity contribution is -0.136. The lowest BCUT2D eigenvalue weighted by Gasteiger charge is -2.28. The largest absolute Gasteiger partial charge is 0.391 e. The van der Waals surface area contributed by atoms with Gasteiger partial charge >= 0.3 is 0 Å². The fourth-order valence-corrected chi connectivity index (χ4v) is 6.62. The molecule has 9 heteroatoms. The molecule has 1 aromatic heterocycles. The monoisotopic (exact) mass is 645 g/mol. The number of likely N-dealkylation sites (N-methyl/N-ethyl adjacent to an activating group) is 2. The average Bonchev–Trinajstić information content (AvgIpc) is 3.67. The Morgan fingerprint density at radius 1 is 0.875 bits per heavy atom. The molecule has 5 aromatic rings. The SMILES string of the molecule is CN(C)CCn1cc(C(=O)N2CC(O)CC2C(=O)NC(Cc2ccc3ccccc3c2)C(=O)N(C)Cc2ccccc2)c2ccccc21. The molecule has 1 fully saturated rings. The van der Waals surface area contributed by atoms with E-state index in [1.54, 1.807) is 11.9 Å². The summed E-state index contributed by atoms with van der Waals surface area (Å²) in [6.07, 6.45) is 1.35. The van der Waals surface area contributed by atoms with E-state index in [0.29, 0.717) is 18.7 Å². The Kier molecular flexibility index (Phi) is 9.89. The van der Waals surface area contributed by atoms with E-state index in [9.17, 15) is 19.5 Å². The molecule has 1 aliphatic heterocycles. The number of β-amino-alcohol motifs (C(OH)–C–C–N with tert-alkyl or cyclic N) is 1. The zero-order valence-corrected chi connectivity index (χ0v) is 27.8. The Morgan fingerprint density at radius 3 is 2.35 bits per heavy atom. The van der Waals surface area contributed by atoms with Gasteiger partial charge in [-0.05, 0) is 42.1 Å². The summed E-state index contributed by atoms with van der Waals surface area (Å²) in [5.74, 6) is -1.01. The number of carbonyl (C=O) groups is 3. The van der Waals surface area contributed by atoms with Crippen molar-refractivity contribution >= 4 is 39.4 Å². The summed E-state index contributed by atoms with van der Waals surface area (Å²) >= 11 is 0. The van der Waals surface area contributed by atoms with E-state index in [4.69, 9.17) is 0 Å². The van der Waals surface area contributed by atoms with Crippen molar-refractivity contribution in [1.82, 2.24) is 24.6 Å². The van der Waals surface area contributed by atoms with Crippen LogP contribution in [-0.2, 0) is 29.1 Å². The van der Waals surface area contributed by atoms with Gasteiger partial charge in [0.05, 0.1) is 11.7 Å². The molecule has 2 heterocycles. The fourth-order valence-electron chi connectivity index (χ4n) is 6.62. The minimum Gasteiger partial charge on any atom is -0.391 e. The van der Waals surface area contributed by atoms with Gasteiger partial charge in [-0.3, -0.25) is 14.4 Å². The normalized spacial score (nSPS) is 16.8. The third kappa shape index (κ3) is 7.27. The van der Waals surface area contributed by atoms with Gasteiger partial charge in [0.2, 0.25) is 11.8 Å². The summed E-state index contributed by atoms with van der Waals surface area (Å²) in [5, 5.41) is 16.7. The van der Waals surface area contributed by atoms with Gasteiger partial charge in [-0.15, -0.1) is 0 Å². The minimum atomic E-state index is -0.928. The van der Waals surface area contributed by atoms with E-state index >= 15 is 0 Å². The van der Waals surface area contributed by atoms with Gasteiger partial charge in [0.15, 0.2) is 0 Å². The van der Waals surface area contributed by atoms with E-state index in [2.05, 4.69) is 14.8 Å². The molecule has 0 radical (unpaired) electrons. The number of likely N-dealkylation sites (tertiary alicyclic amines) is 1. The third-order valence-electron chi connectivity index (χ3n) is 9.16. The van der Waals surface area contributed by atoms with E-state index in [0.717, 1.165) is 39.3 Å². The molecule has 248 valence electrons. The average molecular weight is 646 g/mol. The molecule has 0 aliphatic carbocycles. The maximum absolute atomic E-state index is 14.2. The first-order valence-electron chi connectivity index (χ1n) is 16.5. The molecule has 3 atom stereocenters. The Morgan fingerprint density at radius 2 is 1.58 bits per heavy atom. The highest BCUT2D eigenvalue weighted by Crippen LogP contribution is 2.27. The molecule has 3 unspecified atom stereocenters. The summed E-state index contributed by atoms with van der Waals surface area (Å²) in [4.78, 5) is 47.4. The van der Waals surface area contributed by atoms with Gasteiger partial charge in [0.1, 0.15) is 12.1 Å². The maximum atomic E-state index is 14.2. The first kappa shape index (κ1) is 32.9. The molecule has 2 N–H and O–H groups in total. The lowest BCUT2D eigenvalue weighted by Crippen LogP contribution is -2.54. The molecule has 0 spiro atoms. The number of aliphatic hydroxyl groups excluding tert-OH is 1. The second-order valence-corrected chi connectivity index (χ2v) is 13.0. The highest BCUT2D eigenvalue weighted by molar-refractivity contribution is 6.08. The molecule has 6 rings (SSSR count). The maximum Gasteiger partial charge on any atom is 0.256 e. The number of aliphatic hydroxyl groups is 1. The van der Waals surface area contributed by atoms with Crippen molar-refractivity contribution in [2.45, 2.75) is 44.1 Å². The van der Waals surface area contributed by atoms with E-state index in [1.165, 1.54) is 4.90 Å². The number of para-hydroxylation sites is 1. The van der Waals surface area contributed by atoms with Crippen LogP contribution in [0.25, 0.3) is 21.7 Å². The minimum absolute atomic E-state index is 0.0331. The molecule has 48 heavy (non-hydrogen) atoms. The van der Waals surface area contributed by atoms with Crippen molar-refractivity contribution in [3.05, 3.63) is 120 Å². The predicted octanol–water partition coefficient (Wildman–Crippen LogP) is 4.32. The second kappa shape index (κ2) is 14.4. The summed E-state index contributed by atoms with van der Waals surface area (Å²) in [5.41, 5.74) is 3.31. The molecule has 3 amide bonds. The predicted molar refractivity (Wildman–Crippen MR) is 188 cm³/mol. The zero-order chi connectivity index (χ0) is 33.8. The summed E-state index contributed by atoms with van der Waals surface area (Å²) in [7, 11) is 5.74. The zero-order valence-electron chi connectivity index (χ0n) is 27.8. The van der Waals surface area contributed by atoms with E-state index in [-0.39, 0.29) is 31.2 Å². The fraction of sp³-hybridized carbons (Fsp3) is 0.308. The summed E-state index contributed by atoms with van der Waals surface area (Å²) in [6, 6.07) is 29.7. The quantitative estimate of drug-likeness (QED) is 0.223. The Bertz CT molecular complexity index is 1920. The van der Waals surface area contributed by atoms with Gasteiger partial charge in [-0.1, -0.05) is 91.0 Å². The van der Waals surface area contributed by atoms with Crippen LogP contribution >= 0.6 is 0 Å². The smallest absolute Gasteiger partial charge is 0.256 e. The molecule has 4 aromatic carbocycles. The Hall–Kier alpha value is -4.99. The van der Waals surface area contributed by atoms with Gasteiger partial charge < -0.3 is 29.7 Å². The van der Waals surface area contributed by atoms with Crippen LogP contribution in [0.5, 0.6) is 0 Å². The lowest BCUT2D eigenvalue weighted by atomic mass is 10.00.